The van der Waals surface area contributed by atoms with Gasteiger partial charge in [0.1, 0.15) is 0 Å². The van der Waals surface area contributed by atoms with E-state index in [0.717, 1.165) is 48.5 Å². The van der Waals surface area contributed by atoms with Gasteiger partial charge in [0.05, 0.1) is 0 Å². The fraction of sp³-hybridized carbons (Fsp3) is 0.294. The third-order valence-corrected chi connectivity index (χ3v) is 4.10. The van der Waals surface area contributed by atoms with E-state index in [4.69, 9.17) is 11.5 Å². The van der Waals surface area contributed by atoms with Crippen LogP contribution in [0.2, 0.25) is 0 Å². The van der Waals surface area contributed by atoms with Gasteiger partial charge in [-0.2, -0.15) is 26.3 Å². The van der Waals surface area contributed by atoms with Crippen molar-refractivity contribution >= 4 is 0 Å². The van der Waals surface area contributed by atoms with Crippen LogP contribution in [-0.2, 0) is 18.5 Å². The summed E-state index contributed by atoms with van der Waals surface area (Å²) in [4.78, 5) is 0. The first-order chi connectivity index (χ1) is 11.6. The zero-order valence-corrected chi connectivity index (χ0v) is 13.0. The number of hydrogen-bond acceptors (Lipinski definition) is 2. The Morgan fingerprint density at radius 2 is 0.840 bits per heavy atom. The van der Waals surface area contributed by atoms with Gasteiger partial charge < -0.3 is 11.5 Å². The Labute approximate surface area is 140 Å². The van der Waals surface area contributed by atoms with Gasteiger partial charge in [0.2, 0.25) is 5.41 Å². The van der Waals surface area contributed by atoms with E-state index in [1.54, 1.807) is 0 Å². The largest absolute Gasteiger partial charge is 0.411 e. The van der Waals surface area contributed by atoms with Crippen LogP contribution in [0, 0.1) is 0 Å². The van der Waals surface area contributed by atoms with Gasteiger partial charge >= 0.3 is 12.4 Å². The van der Waals surface area contributed by atoms with Crippen molar-refractivity contribution in [1.82, 2.24) is 0 Å². The smallest absolute Gasteiger partial charge is 0.326 e. The Kier molecular flexibility index (Phi) is 5.15. The Hall–Kier alpha value is -2.06. The molecule has 0 aliphatic rings. The lowest BCUT2D eigenvalue weighted by molar-refractivity contribution is -0.288. The van der Waals surface area contributed by atoms with Crippen LogP contribution < -0.4 is 11.5 Å². The van der Waals surface area contributed by atoms with Crippen molar-refractivity contribution < 1.29 is 26.3 Å². The quantitative estimate of drug-likeness (QED) is 0.808. The van der Waals surface area contributed by atoms with Crippen LogP contribution in [-0.4, -0.2) is 12.4 Å². The lowest BCUT2D eigenvalue weighted by Gasteiger charge is -2.38. The molecule has 0 amide bonds. The maximum absolute atomic E-state index is 13.8. The zero-order valence-electron chi connectivity index (χ0n) is 13.0. The molecule has 0 unspecified atom stereocenters. The lowest BCUT2D eigenvalue weighted by Crippen LogP contribution is -2.54. The second kappa shape index (κ2) is 6.68. The third kappa shape index (κ3) is 3.23. The molecule has 136 valence electrons. The minimum atomic E-state index is -5.60. The van der Waals surface area contributed by atoms with E-state index in [2.05, 4.69) is 0 Å². The van der Waals surface area contributed by atoms with Gasteiger partial charge in [-0.05, 0) is 22.3 Å². The molecule has 2 aromatic carbocycles. The second-order valence-electron chi connectivity index (χ2n) is 5.55. The molecular weight excluding hydrogens is 346 g/mol. The molecule has 2 nitrogen and oxygen atoms in total. The second-order valence-corrected chi connectivity index (χ2v) is 5.55. The van der Waals surface area contributed by atoms with E-state index in [1.165, 1.54) is 0 Å². The van der Waals surface area contributed by atoms with Gasteiger partial charge in [0.25, 0.3) is 0 Å². The van der Waals surface area contributed by atoms with Crippen LogP contribution >= 0.6 is 0 Å². The monoisotopic (exact) mass is 362 g/mol. The van der Waals surface area contributed by atoms with Crippen LogP contribution in [0.4, 0.5) is 26.3 Å². The minimum Gasteiger partial charge on any atom is -0.326 e. The summed E-state index contributed by atoms with van der Waals surface area (Å²) in [6.07, 6.45) is -11.2. The van der Waals surface area contributed by atoms with Gasteiger partial charge in [-0.25, -0.2) is 0 Å². The molecular formula is C17H16F6N2. The number of benzene rings is 2. The van der Waals surface area contributed by atoms with Gasteiger partial charge in [-0.15, -0.1) is 0 Å². The zero-order chi connectivity index (χ0) is 18.9. The molecule has 0 bridgehead atoms. The molecule has 0 aromatic heterocycles. The molecule has 25 heavy (non-hydrogen) atoms. The number of halogens is 6. The van der Waals surface area contributed by atoms with E-state index in [-0.39, 0.29) is 13.1 Å². The number of alkyl halides is 6. The summed E-state index contributed by atoms with van der Waals surface area (Å²) in [6.45, 7) is 0.0209. The average molecular weight is 362 g/mol. The average Bonchev–Trinajstić information content (AvgIpc) is 2.54. The van der Waals surface area contributed by atoms with Crippen LogP contribution in [0.15, 0.2) is 48.5 Å². The molecule has 2 aromatic rings. The van der Waals surface area contributed by atoms with Gasteiger partial charge in [-0.3, -0.25) is 0 Å². The molecule has 0 aliphatic carbocycles. The number of hydrogen-bond donors (Lipinski definition) is 2. The molecule has 2 rings (SSSR count). The molecule has 0 saturated carbocycles. The van der Waals surface area contributed by atoms with Crippen molar-refractivity contribution in [2.75, 3.05) is 0 Å². The number of nitrogens with two attached hydrogens (primary N) is 2. The van der Waals surface area contributed by atoms with Crippen LogP contribution in [0.1, 0.15) is 22.3 Å². The summed E-state index contributed by atoms with van der Waals surface area (Å²) in [7, 11) is 0. The molecule has 0 spiro atoms. The maximum Gasteiger partial charge on any atom is 0.411 e. The molecule has 4 N–H and O–H groups in total. The molecule has 0 atom stereocenters. The molecule has 8 heteroatoms. The van der Waals surface area contributed by atoms with E-state index in [0.29, 0.717) is 11.1 Å². The highest BCUT2D eigenvalue weighted by atomic mass is 19.4. The van der Waals surface area contributed by atoms with Crippen LogP contribution in [0.3, 0.4) is 0 Å². The van der Waals surface area contributed by atoms with E-state index in [9.17, 15) is 26.3 Å². The van der Waals surface area contributed by atoms with Crippen LogP contribution in [0.25, 0.3) is 0 Å². The van der Waals surface area contributed by atoms with Crippen molar-refractivity contribution in [3.63, 3.8) is 0 Å². The molecule has 0 heterocycles. The predicted octanol–water partition coefficient (Wildman–Crippen LogP) is 4.01. The Bertz CT molecular complexity index is 638. The summed E-state index contributed by atoms with van der Waals surface area (Å²) in [5, 5.41) is 0. The van der Waals surface area contributed by atoms with Crippen molar-refractivity contribution in [2.45, 2.75) is 30.9 Å². The minimum absolute atomic E-state index is 0.0104. The molecule has 0 saturated heterocycles. The first-order valence-corrected chi connectivity index (χ1v) is 7.30. The first-order valence-electron chi connectivity index (χ1n) is 7.30. The Morgan fingerprint density at radius 3 is 1.04 bits per heavy atom. The molecule has 0 aliphatic heterocycles. The normalized spacial score (nSPS) is 13.1. The van der Waals surface area contributed by atoms with Crippen molar-refractivity contribution in [1.29, 1.82) is 0 Å². The highest BCUT2D eigenvalue weighted by molar-refractivity contribution is 5.45. The summed E-state index contributed by atoms with van der Waals surface area (Å²) in [6, 6.07) is 7.93. The van der Waals surface area contributed by atoms with Crippen molar-refractivity contribution in [3.8, 4) is 0 Å². The number of rotatable bonds is 4. The highest BCUT2D eigenvalue weighted by Gasteiger charge is 2.72. The topological polar surface area (TPSA) is 52.0 Å². The SMILES string of the molecule is NCc1ccc(C(c2ccc(CN)cc2)(C(F)(F)F)C(F)(F)F)cc1. The third-order valence-electron chi connectivity index (χ3n) is 4.10. The fourth-order valence-corrected chi connectivity index (χ4v) is 2.76. The lowest BCUT2D eigenvalue weighted by atomic mass is 9.72. The Balaban J connectivity index is 2.80. The van der Waals surface area contributed by atoms with Crippen molar-refractivity contribution in [3.05, 3.63) is 70.8 Å². The fourth-order valence-electron chi connectivity index (χ4n) is 2.76. The predicted molar refractivity (Wildman–Crippen MR) is 81.6 cm³/mol. The summed E-state index contributed by atoms with van der Waals surface area (Å²) in [5.74, 6) is 0. The molecule has 0 fully saturated rings. The Morgan fingerprint density at radius 1 is 0.560 bits per heavy atom. The van der Waals surface area contributed by atoms with Gasteiger partial charge in [-0.1, -0.05) is 48.5 Å². The highest BCUT2D eigenvalue weighted by Crippen LogP contribution is 2.56. The van der Waals surface area contributed by atoms with E-state index < -0.39 is 28.9 Å². The van der Waals surface area contributed by atoms with E-state index in [1.807, 2.05) is 0 Å². The van der Waals surface area contributed by atoms with Gasteiger partial charge in [0.15, 0.2) is 0 Å². The summed E-state index contributed by atoms with van der Waals surface area (Å²) >= 11 is 0. The standard InChI is InChI=1S/C17H16F6N2/c18-16(19,20)15(17(21,22)23,13-5-1-11(9-24)2-6-13)14-7-3-12(10-25)4-8-14/h1-8H,9-10,24-25H2. The van der Waals surface area contributed by atoms with Crippen LogP contribution in [0.5, 0.6) is 0 Å². The first kappa shape index (κ1) is 19.3. The van der Waals surface area contributed by atoms with Gasteiger partial charge in [0, 0.05) is 13.1 Å². The molecule has 0 radical (unpaired) electrons. The summed E-state index contributed by atoms with van der Waals surface area (Å²) < 4.78 is 83.0. The van der Waals surface area contributed by atoms with Crippen molar-refractivity contribution in [2.24, 2.45) is 11.5 Å². The van der Waals surface area contributed by atoms with E-state index >= 15 is 0 Å². The summed E-state index contributed by atoms with van der Waals surface area (Å²) in [5.41, 5.74) is 5.63. The maximum atomic E-state index is 13.8.